The third-order valence-corrected chi connectivity index (χ3v) is 2.62. The fourth-order valence-electron chi connectivity index (χ4n) is 1.05. The third kappa shape index (κ3) is 4.83. The van der Waals surface area contributed by atoms with Gasteiger partial charge in [-0.2, -0.15) is 0 Å². The second kappa shape index (κ2) is 7.29. The number of nitrogens with one attached hydrogen (secondary N) is 1. The van der Waals surface area contributed by atoms with E-state index in [0.29, 0.717) is 19.7 Å². The number of carbonyl (C=O) groups is 1. The van der Waals surface area contributed by atoms with Gasteiger partial charge in [-0.1, -0.05) is 13.5 Å². The maximum atomic E-state index is 11.7. The van der Waals surface area contributed by atoms with Gasteiger partial charge in [-0.15, -0.1) is 0 Å². The molecule has 1 atom stereocenters. The fraction of sp³-hybridized carbons (Fsp3) is 0.727. The summed E-state index contributed by atoms with van der Waals surface area (Å²) in [5.74, 6) is 0.0195. The Kier molecular flexibility index (Phi) is 6.79. The molecule has 0 fully saturated rings. The molecule has 0 radical (unpaired) electrons. The van der Waals surface area contributed by atoms with Gasteiger partial charge in [0.15, 0.2) is 0 Å². The molecule has 0 aromatic heterocycles. The topological polar surface area (TPSA) is 64.3 Å². The largest absolute Gasteiger partial charge is 0.502 e. The summed E-state index contributed by atoms with van der Waals surface area (Å²) >= 11 is 0. The minimum atomic E-state index is -0.445. The van der Waals surface area contributed by atoms with E-state index in [9.17, 15) is 4.79 Å². The predicted molar refractivity (Wildman–Crippen MR) is 61.2 cm³/mol. The van der Waals surface area contributed by atoms with Crippen molar-refractivity contribution in [1.82, 2.24) is 5.32 Å². The molecule has 0 saturated heterocycles. The van der Waals surface area contributed by atoms with Crippen molar-refractivity contribution in [3.05, 3.63) is 12.8 Å². The molecule has 1 amide bonds. The highest BCUT2D eigenvalue weighted by Gasteiger charge is 2.28. The van der Waals surface area contributed by atoms with E-state index in [-0.39, 0.29) is 5.91 Å². The van der Waals surface area contributed by atoms with E-state index in [1.54, 1.807) is 0 Å². The van der Waals surface area contributed by atoms with Crippen LogP contribution in [-0.2, 0) is 9.53 Å². The van der Waals surface area contributed by atoms with Crippen LogP contribution in [0.4, 0.5) is 0 Å². The lowest BCUT2D eigenvalue weighted by Crippen LogP contribution is -2.43. The molecule has 0 bridgehead atoms. The van der Waals surface area contributed by atoms with Crippen LogP contribution in [0, 0.1) is 5.41 Å². The van der Waals surface area contributed by atoms with Crippen molar-refractivity contribution in [2.45, 2.75) is 26.7 Å². The second-order valence-corrected chi connectivity index (χ2v) is 3.77. The van der Waals surface area contributed by atoms with Crippen LogP contribution in [0.5, 0.6) is 0 Å². The zero-order valence-corrected chi connectivity index (χ0v) is 9.71. The van der Waals surface area contributed by atoms with Gasteiger partial charge in [0, 0.05) is 13.1 Å². The Hall–Kier alpha value is -1.03. The van der Waals surface area contributed by atoms with Crippen molar-refractivity contribution in [2.75, 3.05) is 19.7 Å². The minimum Gasteiger partial charge on any atom is -0.502 e. The molecule has 0 spiro atoms. The molecule has 4 nitrogen and oxygen atoms in total. The normalized spacial score (nSPS) is 14.1. The Bertz CT molecular complexity index is 201. The highest BCUT2D eigenvalue weighted by molar-refractivity contribution is 5.82. The lowest BCUT2D eigenvalue weighted by molar-refractivity contribution is -0.129. The Morgan fingerprint density at radius 3 is 2.80 bits per heavy atom. The summed E-state index contributed by atoms with van der Waals surface area (Å²) < 4.78 is 4.94. The molecule has 0 aliphatic carbocycles. The second-order valence-electron chi connectivity index (χ2n) is 3.77. The zero-order chi connectivity index (χ0) is 11.7. The van der Waals surface area contributed by atoms with Gasteiger partial charge in [0.2, 0.25) is 5.91 Å². The van der Waals surface area contributed by atoms with Gasteiger partial charge < -0.3 is 15.8 Å². The van der Waals surface area contributed by atoms with Crippen LogP contribution in [0.15, 0.2) is 12.8 Å². The molecule has 1 unspecified atom stereocenters. The van der Waals surface area contributed by atoms with E-state index < -0.39 is 5.41 Å². The molecule has 0 rings (SSSR count). The first-order valence-electron chi connectivity index (χ1n) is 5.31. The van der Waals surface area contributed by atoms with Crippen molar-refractivity contribution >= 4 is 5.91 Å². The predicted octanol–water partition coefficient (Wildman–Crippen LogP) is 1.03. The van der Waals surface area contributed by atoms with Crippen LogP contribution in [-0.4, -0.2) is 25.6 Å². The molecule has 4 heteroatoms. The maximum Gasteiger partial charge on any atom is 0.227 e. The summed E-state index contributed by atoms with van der Waals surface area (Å²) in [5.41, 5.74) is 5.13. The molecule has 0 heterocycles. The Morgan fingerprint density at radius 1 is 1.67 bits per heavy atom. The first kappa shape index (κ1) is 14.0. The SMILES string of the molecule is C=COCCCNC(=O)C(C)(CC)CN. The van der Waals surface area contributed by atoms with Crippen LogP contribution in [0.2, 0.25) is 0 Å². The lowest BCUT2D eigenvalue weighted by atomic mass is 9.87. The van der Waals surface area contributed by atoms with E-state index in [1.165, 1.54) is 6.26 Å². The van der Waals surface area contributed by atoms with E-state index in [1.807, 2.05) is 13.8 Å². The van der Waals surface area contributed by atoms with Crippen molar-refractivity contribution in [3.8, 4) is 0 Å². The monoisotopic (exact) mass is 214 g/mol. The summed E-state index contributed by atoms with van der Waals surface area (Å²) in [6.07, 6.45) is 2.93. The van der Waals surface area contributed by atoms with Gasteiger partial charge in [0.05, 0.1) is 18.3 Å². The van der Waals surface area contributed by atoms with Crippen molar-refractivity contribution < 1.29 is 9.53 Å². The molecule has 0 aromatic rings. The number of hydrogen-bond donors (Lipinski definition) is 2. The first-order valence-corrected chi connectivity index (χ1v) is 5.31. The van der Waals surface area contributed by atoms with Gasteiger partial charge in [-0.25, -0.2) is 0 Å². The molecule has 88 valence electrons. The van der Waals surface area contributed by atoms with E-state index in [2.05, 4.69) is 11.9 Å². The van der Waals surface area contributed by atoms with Crippen LogP contribution in [0.25, 0.3) is 0 Å². The molecule has 0 aromatic carbocycles. The molecular weight excluding hydrogens is 192 g/mol. The van der Waals surface area contributed by atoms with Crippen molar-refractivity contribution in [2.24, 2.45) is 11.1 Å². The van der Waals surface area contributed by atoms with E-state index >= 15 is 0 Å². The Labute approximate surface area is 91.9 Å². The van der Waals surface area contributed by atoms with Gasteiger partial charge in [0.1, 0.15) is 0 Å². The van der Waals surface area contributed by atoms with Crippen LogP contribution in [0.1, 0.15) is 26.7 Å². The summed E-state index contributed by atoms with van der Waals surface area (Å²) in [7, 11) is 0. The smallest absolute Gasteiger partial charge is 0.227 e. The van der Waals surface area contributed by atoms with Gasteiger partial charge in [-0.05, 0) is 19.8 Å². The fourth-order valence-corrected chi connectivity index (χ4v) is 1.05. The number of hydrogen-bond acceptors (Lipinski definition) is 3. The van der Waals surface area contributed by atoms with Crippen molar-refractivity contribution in [1.29, 1.82) is 0 Å². The summed E-state index contributed by atoms with van der Waals surface area (Å²) in [6.45, 7) is 8.84. The van der Waals surface area contributed by atoms with Crippen LogP contribution < -0.4 is 11.1 Å². The van der Waals surface area contributed by atoms with Gasteiger partial charge in [0.25, 0.3) is 0 Å². The summed E-state index contributed by atoms with van der Waals surface area (Å²) in [6, 6.07) is 0. The van der Waals surface area contributed by atoms with Crippen LogP contribution >= 0.6 is 0 Å². The summed E-state index contributed by atoms with van der Waals surface area (Å²) in [5, 5.41) is 2.85. The summed E-state index contributed by atoms with van der Waals surface area (Å²) in [4.78, 5) is 11.7. The Balaban J connectivity index is 3.77. The zero-order valence-electron chi connectivity index (χ0n) is 9.71. The molecule has 0 aliphatic heterocycles. The minimum absolute atomic E-state index is 0.0195. The number of rotatable bonds is 8. The molecule has 0 aliphatic rings. The standard InChI is InChI=1S/C11H22N2O2/c1-4-11(3,9-12)10(14)13-7-6-8-15-5-2/h5H,2,4,6-9,12H2,1,3H3,(H,13,14). The highest BCUT2D eigenvalue weighted by atomic mass is 16.5. The average molecular weight is 214 g/mol. The average Bonchev–Trinajstić information content (AvgIpc) is 2.27. The Morgan fingerprint density at radius 2 is 2.33 bits per heavy atom. The highest BCUT2D eigenvalue weighted by Crippen LogP contribution is 2.18. The number of amides is 1. The van der Waals surface area contributed by atoms with E-state index in [0.717, 1.165) is 12.8 Å². The first-order chi connectivity index (χ1) is 7.10. The number of carbonyl (C=O) groups excluding carboxylic acids is 1. The lowest BCUT2D eigenvalue weighted by Gasteiger charge is -2.24. The molecule has 3 N–H and O–H groups in total. The molecule has 15 heavy (non-hydrogen) atoms. The van der Waals surface area contributed by atoms with Gasteiger partial charge in [-0.3, -0.25) is 4.79 Å². The number of nitrogens with two attached hydrogens (primary N) is 1. The number of ether oxygens (including phenoxy) is 1. The quantitative estimate of drug-likeness (QED) is 0.468. The van der Waals surface area contributed by atoms with Crippen LogP contribution in [0.3, 0.4) is 0 Å². The van der Waals surface area contributed by atoms with E-state index in [4.69, 9.17) is 10.5 Å². The molecular formula is C11H22N2O2. The van der Waals surface area contributed by atoms with Gasteiger partial charge >= 0.3 is 0 Å². The third-order valence-electron chi connectivity index (χ3n) is 2.62. The van der Waals surface area contributed by atoms with Crippen molar-refractivity contribution in [3.63, 3.8) is 0 Å². The molecule has 0 saturated carbocycles. The maximum absolute atomic E-state index is 11.7.